The number of fused-ring (bicyclic) bond motifs is 1. The molecule has 130 valence electrons. The summed E-state index contributed by atoms with van der Waals surface area (Å²) in [6.07, 6.45) is 6.89. The summed E-state index contributed by atoms with van der Waals surface area (Å²) >= 11 is 0. The highest BCUT2D eigenvalue weighted by Gasteiger charge is 2.31. The zero-order chi connectivity index (χ0) is 17.1. The van der Waals surface area contributed by atoms with Crippen LogP contribution in [0.4, 0.5) is 0 Å². The number of hydrogen-bond acceptors (Lipinski definition) is 5. The van der Waals surface area contributed by atoms with Crippen molar-refractivity contribution in [2.45, 2.75) is 12.8 Å². The Morgan fingerprint density at radius 2 is 1.96 bits per heavy atom. The van der Waals surface area contributed by atoms with Crippen LogP contribution >= 0.6 is 0 Å². The van der Waals surface area contributed by atoms with Crippen molar-refractivity contribution >= 4 is 5.91 Å². The third-order valence-electron chi connectivity index (χ3n) is 5.15. The molecule has 6 nitrogen and oxygen atoms in total. The first-order valence-electron chi connectivity index (χ1n) is 8.83. The van der Waals surface area contributed by atoms with Crippen LogP contribution in [0.1, 0.15) is 23.2 Å². The quantitative estimate of drug-likeness (QED) is 0.930. The van der Waals surface area contributed by atoms with E-state index in [0.717, 1.165) is 39.0 Å². The number of aromatic nitrogens is 2. The molecule has 6 heteroatoms. The second-order valence-corrected chi connectivity index (χ2v) is 6.72. The molecule has 0 bridgehead atoms. The summed E-state index contributed by atoms with van der Waals surface area (Å²) in [6, 6.07) is 7.29. The molecule has 1 aromatic heterocycles. The van der Waals surface area contributed by atoms with Gasteiger partial charge >= 0.3 is 0 Å². The molecule has 0 unspecified atom stereocenters. The van der Waals surface area contributed by atoms with Gasteiger partial charge in [-0.2, -0.15) is 0 Å². The van der Waals surface area contributed by atoms with Crippen LogP contribution in [0.25, 0.3) is 0 Å². The summed E-state index contributed by atoms with van der Waals surface area (Å²) in [5.41, 5.74) is 0.659. The number of carbonyl (C=O) groups excluding carboxylic acids is 1. The van der Waals surface area contributed by atoms with Crippen LogP contribution in [-0.2, 0) is 0 Å². The summed E-state index contributed by atoms with van der Waals surface area (Å²) in [6.45, 7) is 3.84. The molecule has 2 aliphatic heterocycles. The molecule has 2 saturated heterocycles. The fourth-order valence-corrected chi connectivity index (χ4v) is 3.76. The summed E-state index contributed by atoms with van der Waals surface area (Å²) in [5, 5.41) is 3.47. The van der Waals surface area contributed by atoms with E-state index in [1.165, 1.54) is 0 Å². The molecular weight excluding hydrogens is 316 g/mol. The normalized spacial score (nSPS) is 23.0. The van der Waals surface area contributed by atoms with Gasteiger partial charge in [-0.3, -0.25) is 9.78 Å². The van der Waals surface area contributed by atoms with E-state index in [1.807, 2.05) is 23.1 Å². The van der Waals surface area contributed by atoms with Gasteiger partial charge in [0.15, 0.2) is 0 Å². The second-order valence-electron chi connectivity index (χ2n) is 6.72. The van der Waals surface area contributed by atoms with Crippen molar-refractivity contribution < 1.29 is 9.53 Å². The monoisotopic (exact) mass is 338 g/mol. The Morgan fingerprint density at radius 3 is 2.68 bits per heavy atom. The summed E-state index contributed by atoms with van der Waals surface area (Å²) in [7, 11) is 0. The number of benzene rings is 1. The molecule has 0 saturated carbocycles. The molecule has 0 spiro atoms. The molecule has 2 aromatic rings. The van der Waals surface area contributed by atoms with Crippen molar-refractivity contribution in [3.8, 4) is 11.6 Å². The Hall–Kier alpha value is -2.47. The van der Waals surface area contributed by atoms with Crippen molar-refractivity contribution in [2.75, 3.05) is 26.2 Å². The van der Waals surface area contributed by atoms with Crippen molar-refractivity contribution in [1.82, 2.24) is 20.2 Å². The largest absolute Gasteiger partial charge is 0.437 e. The Morgan fingerprint density at radius 1 is 1.16 bits per heavy atom. The van der Waals surface area contributed by atoms with Gasteiger partial charge in [-0.1, -0.05) is 6.07 Å². The average Bonchev–Trinajstić information content (AvgIpc) is 3.01. The van der Waals surface area contributed by atoms with Gasteiger partial charge in [-0.25, -0.2) is 4.98 Å². The van der Waals surface area contributed by atoms with Crippen LogP contribution in [0.2, 0.25) is 0 Å². The van der Waals surface area contributed by atoms with Gasteiger partial charge in [0, 0.05) is 31.0 Å². The lowest BCUT2D eigenvalue weighted by Crippen LogP contribution is -2.32. The zero-order valence-corrected chi connectivity index (χ0v) is 14.1. The van der Waals surface area contributed by atoms with Gasteiger partial charge < -0.3 is 15.0 Å². The van der Waals surface area contributed by atoms with E-state index in [4.69, 9.17) is 4.74 Å². The van der Waals surface area contributed by atoms with Gasteiger partial charge in [0.1, 0.15) is 5.75 Å². The molecule has 2 aliphatic rings. The maximum atomic E-state index is 12.9. The highest BCUT2D eigenvalue weighted by molar-refractivity contribution is 5.94. The smallest absolute Gasteiger partial charge is 0.253 e. The van der Waals surface area contributed by atoms with Crippen LogP contribution in [-0.4, -0.2) is 47.0 Å². The Bertz CT molecular complexity index is 723. The van der Waals surface area contributed by atoms with Crippen LogP contribution < -0.4 is 10.1 Å². The van der Waals surface area contributed by atoms with Crippen molar-refractivity contribution in [3.63, 3.8) is 0 Å². The minimum absolute atomic E-state index is 0.0810. The van der Waals surface area contributed by atoms with Gasteiger partial charge in [0.2, 0.25) is 5.88 Å². The third kappa shape index (κ3) is 3.64. The number of amides is 1. The summed E-state index contributed by atoms with van der Waals surface area (Å²) in [5.74, 6) is 2.52. The van der Waals surface area contributed by atoms with Gasteiger partial charge in [-0.15, -0.1) is 0 Å². The molecular formula is C19H22N4O2. The molecule has 2 fully saturated rings. The van der Waals surface area contributed by atoms with E-state index in [2.05, 4.69) is 15.3 Å². The Kier molecular flexibility index (Phi) is 4.61. The van der Waals surface area contributed by atoms with E-state index in [-0.39, 0.29) is 5.91 Å². The molecule has 1 aromatic carbocycles. The highest BCUT2D eigenvalue weighted by Crippen LogP contribution is 2.28. The predicted molar refractivity (Wildman–Crippen MR) is 93.5 cm³/mol. The van der Waals surface area contributed by atoms with E-state index in [0.29, 0.717) is 29.0 Å². The third-order valence-corrected chi connectivity index (χ3v) is 5.15. The lowest BCUT2D eigenvalue weighted by Gasteiger charge is -2.21. The second kappa shape index (κ2) is 7.19. The number of rotatable bonds is 3. The predicted octanol–water partition coefficient (Wildman–Crippen LogP) is 2.34. The Labute approximate surface area is 147 Å². The van der Waals surface area contributed by atoms with E-state index < -0.39 is 0 Å². The molecule has 1 N–H and O–H groups in total. The zero-order valence-electron chi connectivity index (χ0n) is 14.1. The van der Waals surface area contributed by atoms with Crippen molar-refractivity contribution in [3.05, 3.63) is 48.4 Å². The minimum Gasteiger partial charge on any atom is -0.437 e. The first-order valence-corrected chi connectivity index (χ1v) is 8.83. The molecule has 1 amide bonds. The van der Waals surface area contributed by atoms with E-state index in [9.17, 15) is 4.79 Å². The lowest BCUT2D eigenvalue weighted by molar-refractivity contribution is 0.0758. The standard InChI is InChI=1S/C19H22N4O2/c24-19(23-8-4-15-11-21-12-16(15)5-9-23)14-2-1-3-17(10-14)25-18-13-20-6-7-22-18/h1-3,6-7,10,13,15-16,21H,4-5,8-9,11-12H2/t15-,16+. The fraction of sp³-hybridized carbons (Fsp3) is 0.421. The number of nitrogens with zero attached hydrogens (tertiary/aromatic N) is 3. The number of likely N-dealkylation sites (tertiary alicyclic amines) is 1. The summed E-state index contributed by atoms with van der Waals surface area (Å²) in [4.78, 5) is 23.0. The molecule has 3 heterocycles. The van der Waals surface area contributed by atoms with Crippen LogP contribution in [0.3, 0.4) is 0 Å². The van der Waals surface area contributed by atoms with Gasteiger partial charge in [-0.05, 0) is 56.0 Å². The molecule has 25 heavy (non-hydrogen) atoms. The topological polar surface area (TPSA) is 67.3 Å². The number of hydrogen-bond donors (Lipinski definition) is 1. The fourth-order valence-electron chi connectivity index (χ4n) is 3.76. The average molecular weight is 338 g/mol. The highest BCUT2D eigenvalue weighted by atomic mass is 16.5. The number of nitrogens with one attached hydrogen (secondary N) is 1. The van der Waals surface area contributed by atoms with Gasteiger partial charge in [0.05, 0.1) is 6.20 Å². The first kappa shape index (κ1) is 16.0. The SMILES string of the molecule is O=C(c1cccc(Oc2cnccn2)c1)N1CC[C@@H]2CNC[C@@H]2CC1. The molecule has 0 aliphatic carbocycles. The first-order chi connectivity index (χ1) is 12.3. The van der Waals surface area contributed by atoms with E-state index >= 15 is 0 Å². The maximum absolute atomic E-state index is 12.9. The van der Waals surface area contributed by atoms with E-state index in [1.54, 1.807) is 24.7 Å². The minimum atomic E-state index is 0.0810. The molecule has 2 atom stereocenters. The molecule has 0 radical (unpaired) electrons. The summed E-state index contributed by atoms with van der Waals surface area (Å²) < 4.78 is 5.69. The van der Waals surface area contributed by atoms with Gasteiger partial charge in [0.25, 0.3) is 5.91 Å². The Balaban J connectivity index is 1.46. The van der Waals surface area contributed by atoms with Crippen molar-refractivity contribution in [2.24, 2.45) is 11.8 Å². The van der Waals surface area contributed by atoms with Crippen LogP contribution in [0.5, 0.6) is 11.6 Å². The lowest BCUT2D eigenvalue weighted by atomic mass is 9.92. The molecule has 4 rings (SSSR count). The number of ether oxygens (including phenoxy) is 1. The number of carbonyl (C=O) groups is 1. The van der Waals surface area contributed by atoms with Crippen LogP contribution in [0.15, 0.2) is 42.9 Å². The van der Waals surface area contributed by atoms with Crippen LogP contribution in [0, 0.1) is 11.8 Å². The maximum Gasteiger partial charge on any atom is 0.253 e. The van der Waals surface area contributed by atoms with Crippen molar-refractivity contribution in [1.29, 1.82) is 0 Å².